The van der Waals surface area contributed by atoms with E-state index in [9.17, 15) is 4.79 Å². The molecule has 3 aromatic rings. The van der Waals surface area contributed by atoms with E-state index in [1.54, 1.807) is 11.5 Å². The summed E-state index contributed by atoms with van der Waals surface area (Å²) < 4.78 is 7.70. The fraction of sp³-hybridized carbons (Fsp3) is 0.333. The molecule has 0 radical (unpaired) electrons. The summed E-state index contributed by atoms with van der Waals surface area (Å²) >= 11 is 4.83. The van der Waals surface area contributed by atoms with Gasteiger partial charge < -0.3 is 4.52 Å². The van der Waals surface area contributed by atoms with Gasteiger partial charge in [0, 0.05) is 11.0 Å². The van der Waals surface area contributed by atoms with Gasteiger partial charge in [-0.25, -0.2) is 4.98 Å². The topological polar surface area (TPSA) is 73.8 Å². The molecule has 3 rings (SSSR count). The molecule has 8 heteroatoms. The summed E-state index contributed by atoms with van der Waals surface area (Å²) in [5.74, 6) is 1.61. The SMILES string of the molecule is CCCn1c(SCc2nc(C)no2)nc2ccc(Br)cc2c1=O. The Balaban J connectivity index is 2.01. The van der Waals surface area contributed by atoms with Crippen molar-refractivity contribution in [3.63, 3.8) is 0 Å². The highest BCUT2D eigenvalue weighted by Gasteiger charge is 2.13. The summed E-state index contributed by atoms with van der Waals surface area (Å²) in [7, 11) is 0. The maximum Gasteiger partial charge on any atom is 0.262 e. The molecule has 23 heavy (non-hydrogen) atoms. The molecule has 0 saturated heterocycles. The van der Waals surface area contributed by atoms with Crippen LogP contribution in [-0.2, 0) is 12.3 Å². The number of nitrogens with zero attached hydrogens (tertiary/aromatic N) is 4. The number of halogens is 1. The molecule has 0 bridgehead atoms. The van der Waals surface area contributed by atoms with Crippen LogP contribution in [0, 0.1) is 6.92 Å². The summed E-state index contributed by atoms with van der Waals surface area (Å²) in [6.07, 6.45) is 0.855. The second kappa shape index (κ2) is 6.84. The molecule has 0 aliphatic carbocycles. The van der Waals surface area contributed by atoms with E-state index in [2.05, 4.69) is 31.1 Å². The van der Waals surface area contributed by atoms with Crippen LogP contribution in [0.15, 0.2) is 37.1 Å². The van der Waals surface area contributed by atoms with E-state index in [0.29, 0.717) is 40.1 Å². The minimum Gasteiger partial charge on any atom is -0.338 e. The summed E-state index contributed by atoms with van der Waals surface area (Å²) in [5.41, 5.74) is 0.664. The van der Waals surface area contributed by atoms with Gasteiger partial charge in [0.1, 0.15) is 0 Å². The predicted octanol–water partition coefficient (Wildman–Crippen LogP) is 3.55. The van der Waals surface area contributed by atoms with E-state index in [4.69, 9.17) is 4.52 Å². The highest BCUT2D eigenvalue weighted by molar-refractivity contribution is 9.10. The van der Waals surface area contributed by atoms with E-state index in [1.165, 1.54) is 11.8 Å². The zero-order valence-electron chi connectivity index (χ0n) is 12.7. The summed E-state index contributed by atoms with van der Waals surface area (Å²) in [6, 6.07) is 5.54. The third kappa shape index (κ3) is 3.48. The molecule has 0 amide bonds. The number of aryl methyl sites for hydroxylation is 1. The first-order valence-electron chi connectivity index (χ1n) is 7.20. The van der Waals surface area contributed by atoms with Crippen molar-refractivity contribution in [2.24, 2.45) is 0 Å². The highest BCUT2D eigenvalue weighted by atomic mass is 79.9. The largest absolute Gasteiger partial charge is 0.338 e. The van der Waals surface area contributed by atoms with Crippen molar-refractivity contribution in [3.05, 3.63) is 44.7 Å². The molecule has 0 fully saturated rings. The van der Waals surface area contributed by atoms with Gasteiger partial charge in [0.2, 0.25) is 5.89 Å². The number of thioether (sulfide) groups is 1. The first-order chi connectivity index (χ1) is 11.1. The molecule has 6 nitrogen and oxygen atoms in total. The molecule has 120 valence electrons. The third-order valence-corrected chi connectivity index (χ3v) is 4.68. The Morgan fingerprint density at radius 2 is 2.17 bits per heavy atom. The van der Waals surface area contributed by atoms with Crippen LogP contribution in [0.1, 0.15) is 25.1 Å². The second-order valence-corrected chi connectivity index (χ2v) is 6.89. The molecular formula is C15H15BrN4O2S. The number of rotatable bonds is 5. The van der Waals surface area contributed by atoms with Crippen LogP contribution in [0.3, 0.4) is 0 Å². The number of hydrogen-bond donors (Lipinski definition) is 0. The van der Waals surface area contributed by atoms with Crippen molar-refractivity contribution >= 4 is 38.6 Å². The van der Waals surface area contributed by atoms with Crippen LogP contribution in [0.2, 0.25) is 0 Å². The van der Waals surface area contributed by atoms with Gasteiger partial charge in [-0.2, -0.15) is 4.98 Å². The Bertz CT molecular complexity index is 906. The van der Waals surface area contributed by atoms with Gasteiger partial charge in [0.15, 0.2) is 11.0 Å². The maximum absolute atomic E-state index is 12.7. The lowest BCUT2D eigenvalue weighted by Crippen LogP contribution is -2.23. The van der Waals surface area contributed by atoms with Crippen molar-refractivity contribution in [3.8, 4) is 0 Å². The third-order valence-electron chi connectivity index (χ3n) is 3.22. The summed E-state index contributed by atoms with van der Waals surface area (Å²) in [4.78, 5) is 21.6. The molecule has 0 atom stereocenters. The van der Waals surface area contributed by atoms with Crippen LogP contribution in [-0.4, -0.2) is 19.7 Å². The minimum atomic E-state index is -0.0256. The highest BCUT2D eigenvalue weighted by Crippen LogP contribution is 2.23. The zero-order valence-corrected chi connectivity index (χ0v) is 15.1. The zero-order chi connectivity index (χ0) is 16.4. The van der Waals surface area contributed by atoms with Crippen LogP contribution in [0.25, 0.3) is 10.9 Å². The first-order valence-corrected chi connectivity index (χ1v) is 8.98. The van der Waals surface area contributed by atoms with Gasteiger partial charge in [0.25, 0.3) is 5.56 Å². The van der Waals surface area contributed by atoms with E-state index in [1.807, 2.05) is 25.1 Å². The van der Waals surface area contributed by atoms with E-state index < -0.39 is 0 Å². The van der Waals surface area contributed by atoms with Crippen LogP contribution < -0.4 is 5.56 Å². The lowest BCUT2D eigenvalue weighted by molar-refractivity contribution is 0.387. The maximum atomic E-state index is 12.7. The molecule has 0 aliphatic heterocycles. The fourth-order valence-corrected chi connectivity index (χ4v) is 3.45. The average molecular weight is 395 g/mol. The minimum absolute atomic E-state index is 0.0256. The molecule has 1 aromatic carbocycles. The number of benzene rings is 1. The number of fused-ring (bicyclic) bond motifs is 1. The van der Waals surface area contributed by atoms with Gasteiger partial charge in [-0.05, 0) is 31.5 Å². The number of aromatic nitrogens is 4. The first kappa shape index (κ1) is 16.2. The van der Waals surface area contributed by atoms with Gasteiger partial charge in [-0.15, -0.1) is 0 Å². The smallest absolute Gasteiger partial charge is 0.262 e. The Labute approximate surface area is 145 Å². The predicted molar refractivity (Wildman–Crippen MR) is 92.6 cm³/mol. The second-order valence-electron chi connectivity index (χ2n) is 5.04. The molecule has 0 unspecified atom stereocenters. The lowest BCUT2D eigenvalue weighted by Gasteiger charge is -2.11. The molecule has 0 N–H and O–H groups in total. The van der Waals surface area contributed by atoms with Gasteiger partial charge in [0.05, 0.1) is 16.7 Å². The standard InChI is InChI=1S/C15H15BrN4O2S/c1-3-6-20-14(21)11-7-10(16)4-5-12(11)18-15(20)23-8-13-17-9(2)19-22-13/h4-5,7H,3,6,8H2,1-2H3. The quantitative estimate of drug-likeness (QED) is 0.486. The fourth-order valence-electron chi connectivity index (χ4n) is 2.23. The Kier molecular flexibility index (Phi) is 4.82. The molecule has 0 saturated carbocycles. The average Bonchev–Trinajstić information content (AvgIpc) is 2.95. The molecule has 2 aromatic heterocycles. The molecular weight excluding hydrogens is 380 g/mol. The molecule has 0 aliphatic rings. The lowest BCUT2D eigenvalue weighted by atomic mass is 10.2. The van der Waals surface area contributed by atoms with Gasteiger partial charge in [-0.1, -0.05) is 39.8 Å². The van der Waals surface area contributed by atoms with Crippen molar-refractivity contribution in [1.82, 2.24) is 19.7 Å². The Morgan fingerprint density at radius 3 is 2.87 bits per heavy atom. The van der Waals surface area contributed by atoms with Crippen molar-refractivity contribution in [1.29, 1.82) is 0 Å². The van der Waals surface area contributed by atoms with Crippen LogP contribution >= 0.6 is 27.7 Å². The molecule has 0 spiro atoms. The Hall–Kier alpha value is -1.67. The van der Waals surface area contributed by atoms with Crippen LogP contribution in [0.5, 0.6) is 0 Å². The summed E-state index contributed by atoms with van der Waals surface area (Å²) in [5, 5.41) is 5.06. The van der Waals surface area contributed by atoms with Crippen molar-refractivity contribution < 1.29 is 4.52 Å². The monoisotopic (exact) mass is 394 g/mol. The molecule has 2 heterocycles. The summed E-state index contributed by atoms with van der Waals surface area (Å²) in [6.45, 7) is 4.43. The van der Waals surface area contributed by atoms with E-state index in [0.717, 1.165) is 10.9 Å². The van der Waals surface area contributed by atoms with Crippen molar-refractivity contribution in [2.75, 3.05) is 0 Å². The van der Waals surface area contributed by atoms with Crippen LogP contribution in [0.4, 0.5) is 0 Å². The van der Waals surface area contributed by atoms with Gasteiger partial charge in [-0.3, -0.25) is 9.36 Å². The van der Waals surface area contributed by atoms with Gasteiger partial charge >= 0.3 is 0 Å². The van der Waals surface area contributed by atoms with Crippen molar-refractivity contribution in [2.45, 2.75) is 37.7 Å². The Morgan fingerprint density at radius 1 is 1.35 bits per heavy atom. The normalized spacial score (nSPS) is 11.3. The van der Waals surface area contributed by atoms with E-state index in [-0.39, 0.29) is 5.56 Å². The van der Waals surface area contributed by atoms with E-state index >= 15 is 0 Å². The number of hydrogen-bond acceptors (Lipinski definition) is 6.